The summed E-state index contributed by atoms with van der Waals surface area (Å²) >= 11 is 0. The number of halogens is 2. The van der Waals surface area contributed by atoms with Crippen LogP contribution < -0.4 is 5.73 Å². The van der Waals surface area contributed by atoms with Crippen LogP contribution in [0.2, 0.25) is 0 Å². The molecule has 0 atom stereocenters. The summed E-state index contributed by atoms with van der Waals surface area (Å²) < 4.78 is 25.2. The van der Waals surface area contributed by atoms with E-state index in [1.165, 1.54) is 0 Å². The summed E-state index contributed by atoms with van der Waals surface area (Å²) in [5, 5.41) is 17.6. The Balaban J connectivity index is 3.39. The first-order valence-corrected chi connectivity index (χ1v) is 3.16. The fourth-order valence-corrected chi connectivity index (χ4v) is 0.803. The predicted octanol–water partition coefficient (Wildman–Crippen LogP) is 0.835. The van der Waals surface area contributed by atoms with Gasteiger partial charge in [-0.3, -0.25) is 0 Å². The average Bonchev–Trinajstić information content (AvgIpc) is 2.08. The van der Waals surface area contributed by atoms with E-state index >= 15 is 0 Å². The van der Waals surface area contributed by atoms with Crippen molar-refractivity contribution in [3.8, 4) is 11.5 Å². The van der Waals surface area contributed by atoms with Gasteiger partial charge in [0.25, 0.3) is 0 Å². The molecule has 0 radical (unpaired) electrons. The van der Waals surface area contributed by atoms with Crippen molar-refractivity contribution in [1.82, 2.24) is 0 Å². The molecule has 0 heterocycles. The van der Waals surface area contributed by atoms with Gasteiger partial charge in [-0.25, -0.2) is 4.39 Å². The molecular weight excluding hydrogens is 168 g/mol. The number of benzene rings is 1. The quantitative estimate of drug-likeness (QED) is 0.592. The van der Waals surface area contributed by atoms with E-state index < -0.39 is 23.1 Å². The lowest BCUT2D eigenvalue weighted by Crippen LogP contribution is -1.99. The largest absolute Gasteiger partial charge is 0.504 e. The molecule has 0 aliphatic heterocycles. The Labute approximate surface area is 67.1 Å². The number of nitrogens with two attached hydrogens (primary N) is 1. The third-order valence-corrected chi connectivity index (χ3v) is 1.47. The first-order chi connectivity index (χ1) is 5.57. The van der Waals surface area contributed by atoms with E-state index in [0.29, 0.717) is 0 Å². The second-order valence-electron chi connectivity index (χ2n) is 2.23. The summed E-state index contributed by atoms with van der Waals surface area (Å²) in [6.45, 7) is -0.194. The predicted molar refractivity (Wildman–Crippen MR) is 37.6 cm³/mol. The molecule has 0 amide bonds. The molecule has 0 unspecified atom stereocenters. The van der Waals surface area contributed by atoms with Crippen molar-refractivity contribution in [2.24, 2.45) is 5.73 Å². The molecule has 0 fully saturated rings. The van der Waals surface area contributed by atoms with Gasteiger partial charge in [-0.1, -0.05) is 0 Å². The van der Waals surface area contributed by atoms with Crippen molar-refractivity contribution in [2.45, 2.75) is 6.54 Å². The minimum Gasteiger partial charge on any atom is -0.504 e. The van der Waals surface area contributed by atoms with E-state index in [-0.39, 0.29) is 12.1 Å². The molecule has 3 nitrogen and oxygen atoms in total. The molecule has 5 heteroatoms. The fourth-order valence-electron chi connectivity index (χ4n) is 0.803. The average molecular weight is 175 g/mol. The molecule has 0 aromatic heterocycles. The maximum Gasteiger partial charge on any atom is 0.209 e. The molecular formula is C7H7F2NO2. The van der Waals surface area contributed by atoms with Crippen molar-refractivity contribution in [1.29, 1.82) is 0 Å². The lowest BCUT2D eigenvalue weighted by atomic mass is 10.2. The summed E-state index contributed by atoms with van der Waals surface area (Å²) in [4.78, 5) is 0. The molecule has 12 heavy (non-hydrogen) atoms. The fraction of sp³-hybridized carbons (Fsp3) is 0.143. The smallest absolute Gasteiger partial charge is 0.209 e. The van der Waals surface area contributed by atoms with E-state index in [2.05, 4.69) is 0 Å². The monoisotopic (exact) mass is 175 g/mol. The molecule has 0 bridgehead atoms. The van der Waals surface area contributed by atoms with Gasteiger partial charge in [0.2, 0.25) is 5.82 Å². The minimum atomic E-state index is -1.38. The van der Waals surface area contributed by atoms with Gasteiger partial charge in [-0.2, -0.15) is 4.39 Å². The summed E-state index contributed by atoms with van der Waals surface area (Å²) in [7, 11) is 0. The van der Waals surface area contributed by atoms with Crippen LogP contribution >= 0.6 is 0 Å². The summed E-state index contributed by atoms with van der Waals surface area (Å²) in [6.07, 6.45) is 0. The zero-order valence-electron chi connectivity index (χ0n) is 6.01. The Morgan fingerprint density at radius 2 is 1.83 bits per heavy atom. The molecule has 0 saturated carbocycles. The SMILES string of the molecule is NCc1cc(F)c(O)c(F)c1O. The van der Waals surface area contributed by atoms with Gasteiger partial charge in [-0.05, 0) is 6.07 Å². The van der Waals surface area contributed by atoms with Gasteiger partial charge in [0.05, 0.1) is 0 Å². The van der Waals surface area contributed by atoms with Crippen LogP contribution in [0.3, 0.4) is 0 Å². The number of hydrogen-bond acceptors (Lipinski definition) is 3. The van der Waals surface area contributed by atoms with Crippen LogP contribution in [-0.2, 0) is 6.54 Å². The second kappa shape index (κ2) is 2.94. The highest BCUT2D eigenvalue weighted by molar-refractivity contribution is 5.41. The van der Waals surface area contributed by atoms with Crippen molar-refractivity contribution >= 4 is 0 Å². The van der Waals surface area contributed by atoms with Crippen LogP contribution in [0.25, 0.3) is 0 Å². The lowest BCUT2D eigenvalue weighted by Gasteiger charge is -2.04. The Morgan fingerprint density at radius 3 is 2.33 bits per heavy atom. The van der Waals surface area contributed by atoms with Crippen molar-refractivity contribution in [3.05, 3.63) is 23.3 Å². The maximum absolute atomic E-state index is 12.6. The molecule has 0 saturated heterocycles. The zero-order chi connectivity index (χ0) is 9.30. The van der Waals surface area contributed by atoms with Crippen LogP contribution in [0.4, 0.5) is 8.78 Å². The van der Waals surface area contributed by atoms with Crippen molar-refractivity contribution in [2.75, 3.05) is 0 Å². The van der Waals surface area contributed by atoms with Gasteiger partial charge < -0.3 is 15.9 Å². The van der Waals surface area contributed by atoms with E-state index in [1.807, 2.05) is 0 Å². The number of hydrogen-bond donors (Lipinski definition) is 3. The summed E-state index contributed by atoms with van der Waals surface area (Å²) in [6, 6.07) is 0.785. The van der Waals surface area contributed by atoms with Gasteiger partial charge in [0, 0.05) is 12.1 Å². The molecule has 0 aliphatic rings. The highest BCUT2D eigenvalue weighted by atomic mass is 19.1. The van der Waals surface area contributed by atoms with Gasteiger partial charge in [-0.15, -0.1) is 0 Å². The highest BCUT2D eigenvalue weighted by Crippen LogP contribution is 2.30. The summed E-state index contributed by atoms with van der Waals surface area (Å²) in [5.41, 5.74) is 4.98. The highest BCUT2D eigenvalue weighted by Gasteiger charge is 2.15. The molecule has 1 aromatic rings. The van der Waals surface area contributed by atoms with Crippen molar-refractivity contribution < 1.29 is 19.0 Å². The summed E-state index contributed by atoms with van der Waals surface area (Å²) in [5.74, 6) is -4.51. The Morgan fingerprint density at radius 1 is 1.25 bits per heavy atom. The van der Waals surface area contributed by atoms with E-state index in [0.717, 1.165) is 6.07 Å². The van der Waals surface area contributed by atoms with E-state index in [1.54, 1.807) is 0 Å². The normalized spacial score (nSPS) is 10.2. The van der Waals surface area contributed by atoms with Gasteiger partial charge in [0.1, 0.15) is 0 Å². The first-order valence-electron chi connectivity index (χ1n) is 3.16. The Bertz CT molecular complexity index is 315. The van der Waals surface area contributed by atoms with Gasteiger partial charge >= 0.3 is 0 Å². The van der Waals surface area contributed by atoms with Crippen LogP contribution in [0.5, 0.6) is 11.5 Å². The van der Waals surface area contributed by atoms with Crippen molar-refractivity contribution in [3.63, 3.8) is 0 Å². The van der Waals surface area contributed by atoms with E-state index in [9.17, 15) is 8.78 Å². The van der Waals surface area contributed by atoms with Crippen LogP contribution in [0, 0.1) is 11.6 Å². The zero-order valence-corrected chi connectivity index (χ0v) is 6.01. The van der Waals surface area contributed by atoms with Crippen LogP contribution in [0.15, 0.2) is 6.07 Å². The second-order valence-corrected chi connectivity index (χ2v) is 2.23. The molecule has 0 spiro atoms. The Hall–Kier alpha value is -1.36. The van der Waals surface area contributed by atoms with Gasteiger partial charge in [0.15, 0.2) is 17.3 Å². The third-order valence-electron chi connectivity index (χ3n) is 1.47. The lowest BCUT2D eigenvalue weighted by molar-refractivity contribution is 0.363. The number of rotatable bonds is 1. The third kappa shape index (κ3) is 1.18. The Kier molecular flexibility index (Phi) is 2.14. The molecule has 66 valence electrons. The molecule has 1 rings (SSSR count). The van der Waals surface area contributed by atoms with Crippen LogP contribution in [0.1, 0.15) is 5.56 Å². The topological polar surface area (TPSA) is 66.5 Å². The minimum absolute atomic E-state index is 0.0807. The number of phenolic OH excluding ortho intramolecular Hbond substituents is 2. The molecule has 4 N–H and O–H groups in total. The number of aromatic hydroxyl groups is 2. The standard InChI is InChI=1S/C7H7F2NO2/c8-4-1-3(2-10)6(11)5(9)7(4)12/h1,11-12H,2,10H2. The van der Waals surface area contributed by atoms with Crippen LogP contribution in [-0.4, -0.2) is 10.2 Å². The number of phenols is 2. The first kappa shape index (κ1) is 8.73. The molecule has 1 aromatic carbocycles. The molecule has 0 aliphatic carbocycles. The maximum atomic E-state index is 12.6. The van der Waals surface area contributed by atoms with E-state index in [4.69, 9.17) is 15.9 Å².